The van der Waals surface area contributed by atoms with Crippen LogP contribution in [0.2, 0.25) is 0 Å². The third kappa shape index (κ3) is 60.6. The number of rotatable bonds is 16. The van der Waals surface area contributed by atoms with E-state index in [4.69, 9.17) is 96.7 Å². The first-order chi connectivity index (χ1) is 21.7. The zero-order valence-electron chi connectivity index (χ0n) is 24.8. The van der Waals surface area contributed by atoms with Crippen molar-refractivity contribution in [2.75, 3.05) is 92.5 Å². The van der Waals surface area contributed by atoms with E-state index in [0.29, 0.717) is 0 Å². The van der Waals surface area contributed by atoms with Gasteiger partial charge in [0.1, 0.15) is 39.6 Å². The van der Waals surface area contributed by atoms with Crippen LogP contribution in [-0.4, -0.2) is 215 Å². The Balaban J connectivity index is -0.0000000884. The summed E-state index contributed by atoms with van der Waals surface area (Å²) in [6.07, 6.45) is 0. The molecular formula is C22H46O19S6. The van der Waals surface area contributed by atoms with Crippen molar-refractivity contribution < 1.29 is 96.7 Å². The van der Waals surface area contributed by atoms with Crippen molar-refractivity contribution in [3.63, 3.8) is 0 Å². The van der Waals surface area contributed by atoms with Gasteiger partial charge in [0.2, 0.25) is 0 Å². The van der Waals surface area contributed by atoms with E-state index in [2.05, 4.69) is 73.3 Å². The van der Waals surface area contributed by atoms with Crippen LogP contribution < -0.4 is 0 Å². The third-order valence-electron chi connectivity index (χ3n) is 3.64. The summed E-state index contributed by atoms with van der Waals surface area (Å²) >= 11 is 24.0. The molecule has 0 aliphatic rings. The summed E-state index contributed by atoms with van der Waals surface area (Å²) in [5.41, 5.74) is -2.32. The van der Waals surface area contributed by atoms with Gasteiger partial charge in [-0.25, -0.2) is 0 Å². The molecule has 0 atom stereocenters. The molecule has 284 valence electrons. The molecule has 0 fully saturated rings. The van der Waals surface area contributed by atoms with Gasteiger partial charge in [0.25, 0.3) is 0 Å². The van der Waals surface area contributed by atoms with Crippen molar-refractivity contribution in [3.05, 3.63) is 0 Å². The predicted molar refractivity (Wildman–Crippen MR) is 192 cm³/mol. The number of hydrogen-bond acceptors (Lipinski definition) is 19. The highest BCUT2D eigenvalue weighted by Gasteiger charge is 2.32. The predicted octanol–water partition coefficient (Wildman–Crippen LogP) is -3.89. The summed E-state index contributed by atoms with van der Waals surface area (Å²) in [6, 6.07) is 0. The number of aliphatic hydroxyl groups is 18. The molecular weight excluding hydrogens is 761 g/mol. The minimum atomic E-state index is -1.16. The molecule has 0 heterocycles. The third-order valence-corrected chi connectivity index (χ3v) is 4.42. The smallest absolute Gasteiger partial charge is 0.182 e. The van der Waals surface area contributed by atoms with E-state index >= 15 is 0 Å². The van der Waals surface area contributed by atoms with Crippen LogP contribution >= 0.6 is 73.3 Å². The number of thiocarbonyl (C=S) groups is 6. The van der Waals surface area contributed by atoms with Crippen LogP contribution in [0.3, 0.4) is 0 Å². The molecule has 0 spiro atoms. The second-order valence-electron chi connectivity index (χ2n) is 7.75. The Kier molecular flexibility index (Phi) is 58.2. The van der Waals surface area contributed by atoms with Gasteiger partial charge in [0.15, 0.2) is 30.3 Å². The molecule has 0 saturated heterocycles. The van der Waals surface area contributed by atoms with Crippen LogP contribution in [0, 0.1) is 10.8 Å². The molecule has 18 N–H and O–H groups in total. The lowest BCUT2D eigenvalue weighted by molar-refractivity contribution is -0.103. The SMILES string of the molecule is OCC(CO)(CO)COCC(CO)(CO)CO.OCC(O)=S.OCC(O)=S.OCC(O)=S.OCC(O)=S.OCC(O)=S.OCC(O)=S. The summed E-state index contributed by atoms with van der Waals surface area (Å²) in [7, 11) is 0. The van der Waals surface area contributed by atoms with E-state index in [-0.39, 0.29) is 43.5 Å². The molecule has 0 amide bonds. The van der Waals surface area contributed by atoms with Gasteiger partial charge in [-0.3, -0.25) is 0 Å². The molecule has 0 bridgehead atoms. The van der Waals surface area contributed by atoms with E-state index in [1.807, 2.05) is 0 Å². The van der Waals surface area contributed by atoms with Gasteiger partial charge in [-0.1, -0.05) is 0 Å². The molecule has 0 unspecified atom stereocenters. The van der Waals surface area contributed by atoms with Gasteiger partial charge in [-0.2, -0.15) is 0 Å². The van der Waals surface area contributed by atoms with Crippen LogP contribution in [0.1, 0.15) is 0 Å². The first-order valence-corrected chi connectivity index (χ1v) is 14.3. The topological polar surface area (TPSA) is 373 Å². The molecule has 19 nitrogen and oxygen atoms in total. The molecule has 0 aliphatic carbocycles. The Morgan fingerprint density at radius 3 is 0.489 bits per heavy atom. The maximum atomic E-state index is 9.03. The van der Waals surface area contributed by atoms with E-state index in [9.17, 15) is 0 Å². The Labute approximate surface area is 302 Å². The van der Waals surface area contributed by atoms with Crippen LogP contribution in [0.5, 0.6) is 0 Å². The molecule has 0 saturated carbocycles. The first kappa shape index (κ1) is 61.1. The van der Waals surface area contributed by atoms with Crippen molar-refractivity contribution in [1.29, 1.82) is 0 Å². The van der Waals surface area contributed by atoms with Gasteiger partial charge >= 0.3 is 0 Å². The van der Waals surface area contributed by atoms with Crippen molar-refractivity contribution in [1.82, 2.24) is 0 Å². The Morgan fingerprint density at radius 1 is 0.319 bits per heavy atom. The number of aliphatic hydroxyl groups excluding tert-OH is 18. The van der Waals surface area contributed by atoms with E-state index in [1.54, 1.807) is 0 Å². The molecule has 0 rings (SSSR count). The fourth-order valence-corrected chi connectivity index (χ4v) is 1.06. The zero-order chi connectivity index (χ0) is 39.1. The largest absolute Gasteiger partial charge is 0.500 e. The minimum Gasteiger partial charge on any atom is -0.500 e. The van der Waals surface area contributed by atoms with Gasteiger partial charge in [-0.05, 0) is 73.3 Å². The number of ether oxygens (including phenoxy) is 1. The van der Waals surface area contributed by atoms with E-state index in [0.717, 1.165) is 0 Å². The minimum absolute atomic E-state index is 0.141. The number of hydrogen-bond donors (Lipinski definition) is 18. The normalized spacial score (nSPS) is 9.45. The summed E-state index contributed by atoms with van der Waals surface area (Å²) in [6.45, 7) is -5.45. The first-order valence-electron chi connectivity index (χ1n) is 11.9. The second kappa shape index (κ2) is 44.8. The van der Waals surface area contributed by atoms with Gasteiger partial charge in [0.05, 0.1) is 63.7 Å². The fraction of sp³-hybridized carbons (Fsp3) is 0.727. The highest BCUT2D eigenvalue weighted by molar-refractivity contribution is 7.81. The highest BCUT2D eigenvalue weighted by Crippen LogP contribution is 2.19. The van der Waals surface area contributed by atoms with E-state index < -0.39 is 90.1 Å². The summed E-state index contributed by atoms with van der Waals surface area (Å²) in [4.78, 5) is 0. The quantitative estimate of drug-likeness (QED) is 0.0663. The Hall–Kier alpha value is -1.18. The monoisotopic (exact) mass is 806 g/mol. The molecule has 0 aromatic heterocycles. The average Bonchev–Trinajstić information content (AvgIpc) is 3.06. The highest BCUT2D eigenvalue weighted by atomic mass is 32.1. The van der Waals surface area contributed by atoms with Crippen molar-refractivity contribution in [3.8, 4) is 0 Å². The van der Waals surface area contributed by atoms with Crippen LogP contribution in [0.15, 0.2) is 0 Å². The molecule has 0 aromatic carbocycles. The van der Waals surface area contributed by atoms with Crippen LogP contribution in [-0.2, 0) is 4.74 Å². The van der Waals surface area contributed by atoms with Crippen molar-refractivity contribution in [2.24, 2.45) is 10.8 Å². The molecule has 0 aromatic rings. The zero-order valence-corrected chi connectivity index (χ0v) is 29.7. The average molecular weight is 807 g/mol. The summed E-state index contributed by atoms with van der Waals surface area (Å²) in [5.74, 6) is 0. The van der Waals surface area contributed by atoms with Gasteiger partial charge in [-0.15, -0.1) is 0 Å². The van der Waals surface area contributed by atoms with Gasteiger partial charge < -0.3 is 96.7 Å². The van der Waals surface area contributed by atoms with Crippen molar-refractivity contribution >= 4 is 104 Å². The Morgan fingerprint density at radius 2 is 0.426 bits per heavy atom. The standard InChI is InChI=1S/C10H22O7.6C2H4O2S/c11-1-9(2-12,3-13)7-17-8-10(4-14,5-15)6-16;6*3-1-2(4)5/h11-16H,1-8H2;6*3H,1H2,(H,4,5). The second-order valence-corrected chi connectivity index (χ2v) is 10.6. The molecule has 25 heteroatoms. The molecule has 0 radical (unpaired) electrons. The van der Waals surface area contributed by atoms with Crippen LogP contribution in [0.4, 0.5) is 0 Å². The lowest BCUT2D eigenvalue weighted by Crippen LogP contribution is -2.43. The summed E-state index contributed by atoms with van der Waals surface area (Å²) < 4.78 is 5.15. The van der Waals surface area contributed by atoms with Crippen LogP contribution in [0.25, 0.3) is 0 Å². The fourth-order valence-electron chi connectivity index (χ4n) is 1.06. The summed E-state index contributed by atoms with van der Waals surface area (Å²) in [5, 5.41) is 146. The maximum Gasteiger partial charge on any atom is 0.182 e. The maximum absolute atomic E-state index is 9.03. The Bertz CT molecular complexity index is 639. The lowest BCUT2D eigenvalue weighted by atomic mass is 9.91. The van der Waals surface area contributed by atoms with Crippen molar-refractivity contribution in [2.45, 2.75) is 0 Å². The molecule has 0 aliphatic heterocycles. The lowest BCUT2D eigenvalue weighted by Gasteiger charge is -2.31. The molecule has 47 heavy (non-hydrogen) atoms. The van der Waals surface area contributed by atoms with Gasteiger partial charge in [0, 0.05) is 0 Å². The van der Waals surface area contributed by atoms with E-state index in [1.165, 1.54) is 0 Å².